The fraction of sp³-hybridized carbons (Fsp3) is 0.435. The van der Waals surface area contributed by atoms with Gasteiger partial charge in [0.25, 0.3) is 0 Å². The first-order valence-electron chi connectivity index (χ1n) is 10.2. The molecule has 0 saturated carbocycles. The number of H-pyrrole nitrogens is 1. The summed E-state index contributed by atoms with van der Waals surface area (Å²) in [5, 5.41) is 3.48. The lowest BCUT2D eigenvalue weighted by atomic mass is 9.92. The first-order valence-corrected chi connectivity index (χ1v) is 10.2. The lowest BCUT2D eigenvalue weighted by Crippen LogP contribution is -2.35. The second-order valence-corrected chi connectivity index (χ2v) is 8.95. The van der Waals surface area contributed by atoms with E-state index in [4.69, 9.17) is 9.72 Å². The molecule has 1 saturated heterocycles. The maximum atomic E-state index is 12.0. The number of carbonyl (C=O) groups is 1. The minimum absolute atomic E-state index is 0.247. The van der Waals surface area contributed by atoms with Crippen LogP contribution in [0, 0.1) is 5.41 Å². The summed E-state index contributed by atoms with van der Waals surface area (Å²) < 4.78 is 5.44. The Morgan fingerprint density at radius 1 is 1.17 bits per heavy atom. The maximum absolute atomic E-state index is 12.0. The van der Waals surface area contributed by atoms with Crippen LogP contribution in [-0.2, 0) is 4.79 Å². The Bertz CT molecular complexity index is 971. The largest absolute Gasteiger partial charge is 0.426 e. The third kappa shape index (κ3) is 4.32. The molecule has 2 unspecified atom stereocenters. The van der Waals surface area contributed by atoms with Crippen LogP contribution < -0.4 is 10.1 Å². The zero-order valence-electron chi connectivity index (χ0n) is 17.5. The standard InChI is InChI=1S/C23H28N4O2/c1-14-11-16(9-10-24-14)21-25-13-20-19(27-21)12-18(26-20)15-5-7-17(8-6-15)29-22(28)23(2,3)4/h5-8,12-14,16,24H,9-11H2,1-4H3,(H,25,27). The molecular weight excluding hydrogens is 364 g/mol. The van der Waals surface area contributed by atoms with Crippen molar-refractivity contribution in [3.63, 3.8) is 0 Å². The van der Waals surface area contributed by atoms with Crippen molar-refractivity contribution in [2.45, 2.75) is 52.5 Å². The van der Waals surface area contributed by atoms with Gasteiger partial charge in [-0.05, 0) is 77.4 Å². The minimum atomic E-state index is -0.531. The smallest absolute Gasteiger partial charge is 0.316 e. The quantitative estimate of drug-likeness (QED) is 0.511. The zero-order valence-corrected chi connectivity index (χ0v) is 17.5. The monoisotopic (exact) mass is 392 g/mol. The highest BCUT2D eigenvalue weighted by Gasteiger charge is 2.24. The van der Waals surface area contributed by atoms with Crippen molar-refractivity contribution in [1.29, 1.82) is 0 Å². The molecule has 3 aliphatic rings. The Hall–Kier alpha value is -2.73. The number of nitrogens with zero attached hydrogens (tertiary/aromatic N) is 2. The molecule has 152 valence electrons. The molecule has 29 heavy (non-hydrogen) atoms. The van der Waals surface area contributed by atoms with E-state index in [9.17, 15) is 4.79 Å². The molecule has 0 spiro atoms. The van der Waals surface area contributed by atoms with Crippen LogP contribution in [0.25, 0.3) is 22.6 Å². The number of carbonyl (C=O) groups excluding carboxylic acids is 1. The lowest BCUT2D eigenvalue weighted by Gasteiger charge is -2.27. The molecule has 1 fully saturated rings. The Kier molecular flexibility index (Phi) is 5.13. The highest BCUT2D eigenvalue weighted by atomic mass is 16.5. The third-order valence-electron chi connectivity index (χ3n) is 5.37. The molecule has 3 heterocycles. The Morgan fingerprint density at radius 2 is 1.93 bits per heavy atom. The van der Waals surface area contributed by atoms with Crippen molar-refractivity contribution >= 4 is 5.97 Å². The van der Waals surface area contributed by atoms with E-state index in [2.05, 4.69) is 28.3 Å². The van der Waals surface area contributed by atoms with Gasteiger partial charge in [0.15, 0.2) is 0 Å². The molecule has 0 amide bonds. The van der Waals surface area contributed by atoms with Crippen molar-refractivity contribution < 1.29 is 9.53 Å². The third-order valence-corrected chi connectivity index (χ3v) is 5.37. The number of rotatable bonds is 3. The minimum Gasteiger partial charge on any atom is -0.426 e. The van der Waals surface area contributed by atoms with E-state index in [0.717, 1.165) is 47.9 Å². The van der Waals surface area contributed by atoms with Crippen LogP contribution in [-0.4, -0.2) is 33.5 Å². The average Bonchev–Trinajstić information content (AvgIpc) is 3.11. The molecule has 0 aliphatic carbocycles. The fourth-order valence-electron chi connectivity index (χ4n) is 3.62. The van der Waals surface area contributed by atoms with Crippen molar-refractivity contribution in [2.24, 2.45) is 5.41 Å². The van der Waals surface area contributed by atoms with Gasteiger partial charge in [-0.2, -0.15) is 0 Å². The van der Waals surface area contributed by atoms with Crippen LogP contribution in [0.5, 0.6) is 5.75 Å². The molecule has 6 nitrogen and oxygen atoms in total. The van der Waals surface area contributed by atoms with Gasteiger partial charge in [-0.25, -0.2) is 9.97 Å². The van der Waals surface area contributed by atoms with Crippen LogP contribution in [0.15, 0.2) is 36.5 Å². The molecule has 1 aromatic rings. The second kappa shape index (κ2) is 7.59. The van der Waals surface area contributed by atoms with Gasteiger partial charge in [0.05, 0.1) is 23.0 Å². The van der Waals surface area contributed by atoms with Crippen LogP contribution in [0.4, 0.5) is 0 Å². The summed E-state index contributed by atoms with van der Waals surface area (Å²) in [7, 11) is 0. The van der Waals surface area contributed by atoms with E-state index in [0.29, 0.717) is 17.7 Å². The summed E-state index contributed by atoms with van der Waals surface area (Å²) in [5.41, 5.74) is 3.18. The number of hydrogen-bond acceptors (Lipinski definition) is 5. The normalized spacial score (nSPS) is 20.0. The van der Waals surface area contributed by atoms with Gasteiger partial charge in [-0.1, -0.05) is 0 Å². The van der Waals surface area contributed by atoms with Gasteiger partial charge in [-0.3, -0.25) is 4.79 Å². The summed E-state index contributed by atoms with van der Waals surface area (Å²) in [6, 6.07) is 10.0. The SMILES string of the molecule is CC1CC(c2ncc3nc(-c4ccc(OC(=O)C(C)(C)C)cc4)cc-3[nH]2)CCN1. The van der Waals surface area contributed by atoms with E-state index in [1.165, 1.54) is 0 Å². The summed E-state index contributed by atoms with van der Waals surface area (Å²) in [6.07, 6.45) is 4.04. The van der Waals surface area contributed by atoms with Crippen molar-refractivity contribution in [3.05, 3.63) is 42.4 Å². The van der Waals surface area contributed by atoms with E-state index in [1.54, 1.807) is 0 Å². The number of aromatic nitrogens is 3. The van der Waals surface area contributed by atoms with Gasteiger partial charge < -0.3 is 15.0 Å². The molecule has 6 heteroatoms. The molecule has 1 aromatic carbocycles. The number of nitrogens with one attached hydrogen (secondary N) is 2. The van der Waals surface area contributed by atoms with Crippen LogP contribution in [0.1, 0.15) is 52.3 Å². The summed E-state index contributed by atoms with van der Waals surface area (Å²) in [5.74, 6) is 1.78. The molecule has 3 aliphatic heterocycles. The first-order chi connectivity index (χ1) is 13.8. The fourth-order valence-corrected chi connectivity index (χ4v) is 3.62. The number of fused-ring (bicyclic) bond motifs is 1. The molecule has 2 atom stereocenters. The summed E-state index contributed by atoms with van der Waals surface area (Å²) >= 11 is 0. The Morgan fingerprint density at radius 3 is 2.62 bits per heavy atom. The van der Waals surface area contributed by atoms with Crippen molar-refractivity contribution in [1.82, 2.24) is 20.3 Å². The lowest BCUT2D eigenvalue weighted by molar-refractivity contribution is -0.142. The molecule has 0 radical (unpaired) electrons. The summed E-state index contributed by atoms with van der Waals surface area (Å²) in [6.45, 7) is 8.76. The Labute approximate surface area is 171 Å². The number of hydrogen-bond donors (Lipinski definition) is 2. The maximum Gasteiger partial charge on any atom is 0.316 e. The molecule has 4 rings (SSSR count). The van der Waals surface area contributed by atoms with Gasteiger partial charge >= 0.3 is 5.97 Å². The van der Waals surface area contributed by atoms with E-state index in [1.807, 2.05) is 51.2 Å². The topological polar surface area (TPSA) is 79.9 Å². The number of aromatic amines is 1. The highest BCUT2D eigenvalue weighted by Crippen LogP contribution is 2.31. The van der Waals surface area contributed by atoms with Crippen molar-refractivity contribution in [3.8, 4) is 28.4 Å². The molecule has 2 N–H and O–H groups in total. The van der Waals surface area contributed by atoms with Gasteiger partial charge in [0.2, 0.25) is 0 Å². The number of esters is 1. The van der Waals surface area contributed by atoms with Crippen LogP contribution >= 0.6 is 0 Å². The molecule has 0 aromatic heterocycles. The van der Waals surface area contributed by atoms with Gasteiger partial charge in [0.1, 0.15) is 17.3 Å². The average molecular weight is 393 g/mol. The van der Waals surface area contributed by atoms with E-state index >= 15 is 0 Å². The number of piperidine rings is 1. The van der Waals surface area contributed by atoms with E-state index in [-0.39, 0.29) is 5.97 Å². The predicted molar refractivity (Wildman–Crippen MR) is 113 cm³/mol. The predicted octanol–water partition coefficient (Wildman–Crippen LogP) is 4.38. The molecular formula is C23H28N4O2. The summed E-state index contributed by atoms with van der Waals surface area (Å²) in [4.78, 5) is 24.9. The number of benzene rings is 1. The number of ether oxygens (including phenoxy) is 1. The highest BCUT2D eigenvalue weighted by molar-refractivity contribution is 5.78. The van der Waals surface area contributed by atoms with E-state index < -0.39 is 5.41 Å². The van der Waals surface area contributed by atoms with Crippen LogP contribution in [0.3, 0.4) is 0 Å². The first kappa shape index (κ1) is 19.6. The molecule has 0 bridgehead atoms. The second-order valence-electron chi connectivity index (χ2n) is 8.95. The van der Waals surface area contributed by atoms with Crippen LogP contribution in [0.2, 0.25) is 0 Å². The zero-order chi connectivity index (χ0) is 20.6. The Balaban J connectivity index is 1.54. The van der Waals surface area contributed by atoms with Gasteiger partial charge in [-0.15, -0.1) is 0 Å². The van der Waals surface area contributed by atoms with Gasteiger partial charge in [0, 0.05) is 17.5 Å². The van der Waals surface area contributed by atoms with Crippen molar-refractivity contribution in [2.75, 3.05) is 6.54 Å².